The smallest absolute Gasteiger partial charge is 0.0766 e. The van der Waals surface area contributed by atoms with Crippen molar-refractivity contribution in [1.29, 1.82) is 0 Å². The molecule has 1 aliphatic rings. The SMILES string of the molecule is C=CC1=CC(OCC(=C)N=[N+]=[N-])CCC1. The van der Waals surface area contributed by atoms with Crippen molar-refractivity contribution >= 4 is 0 Å². The first-order valence-electron chi connectivity index (χ1n) is 4.94. The van der Waals surface area contributed by atoms with Gasteiger partial charge in [0.25, 0.3) is 0 Å². The molecular weight excluding hydrogens is 190 g/mol. The molecular formula is C11H15N3O. The first-order valence-corrected chi connectivity index (χ1v) is 4.94. The highest BCUT2D eigenvalue weighted by atomic mass is 16.5. The third-order valence-electron chi connectivity index (χ3n) is 2.27. The molecule has 1 atom stereocenters. The fourth-order valence-corrected chi connectivity index (χ4v) is 1.51. The minimum Gasteiger partial charge on any atom is -0.370 e. The lowest BCUT2D eigenvalue weighted by molar-refractivity contribution is 0.0918. The van der Waals surface area contributed by atoms with E-state index in [2.05, 4.69) is 29.3 Å². The lowest BCUT2D eigenvalue weighted by atomic mass is 9.97. The molecule has 0 radical (unpaired) electrons. The van der Waals surface area contributed by atoms with Crippen molar-refractivity contribution in [2.45, 2.75) is 25.4 Å². The topological polar surface area (TPSA) is 58.0 Å². The summed E-state index contributed by atoms with van der Waals surface area (Å²) in [6.07, 6.45) is 7.20. The molecule has 0 heterocycles. The summed E-state index contributed by atoms with van der Waals surface area (Å²) in [5.41, 5.74) is 9.81. The Morgan fingerprint density at radius 3 is 3.27 bits per heavy atom. The molecule has 0 saturated carbocycles. The minimum atomic E-state index is 0.0948. The van der Waals surface area contributed by atoms with Crippen LogP contribution in [0.2, 0.25) is 0 Å². The Labute approximate surface area is 89.6 Å². The molecule has 4 nitrogen and oxygen atoms in total. The highest BCUT2D eigenvalue weighted by molar-refractivity contribution is 5.20. The number of nitrogens with zero attached hydrogens (tertiary/aromatic N) is 3. The van der Waals surface area contributed by atoms with Crippen LogP contribution >= 0.6 is 0 Å². The van der Waals surface area contributed by atoms with E-state index >= 15 is 0 Å². The lowest BCUT2D eigenvalue weighted by Crippen LogP contribution is -2.15. The zero-order valence-electron chi connectivity index (χ0n) is 8.72. The number of hydrogen-bond donors (Lipinski definition) is 0. The van der Waals surface area contributed by atoms with Gasteiger partial charge in [-0.25, -0.2) is 0 Å². The van der Waals surface area contributed by atoms with Crippen molar-refractivity contribution in [3.05, 3.63) is 47.0 Å². The van der Waals surface area contributed by atoms with E-state index in [-0.39, 0.29) is 12.7 Å². The van der Waals surface area contributed by atoms with Crippen molar-refractivity contribution < 1.29 is 4.74 Å². The molecule has 4 heteroatoms. The Bertz CT molecular complexity index is 327. The van der Waals surface area contributed by atoms with Crippen molar-refractivity contribution in [2.24, 2.45) is 5.11 Å². The third-order valence-corrected chi connectivity index (χ3v) is 2.27. The van der Waals surface area contributed by atoms with E-state index in [4.69, 9.17) is 10.3 Å². The molecule has 0 aromatic carbocycles. The van der Waals surface area contributed by atoms with E-state index in [0.29, 0.717) is 5.70 Å². The second kappa shape index (κ2) is 6.06. The molecule has 15 heavy (non-hydrogen) atoms. The Morgan fingerprint density at radius 1 is 1.80 bits per heavy atom. The van der Waals surface area contributed by atoms with Crippen molar-refractivity contribution in [3.8, 4) is 0 Å². The van der Waals surface area contributed by atoms with Gasteiger partial charge in [0.1, 0.15) is 0 Å². The number of rotatable bonds is 5. The Kier molecular flexibility index (Phi) is 4.68. The lowest BCUT2D eigenvalue weighted by Gasteiger charge is -2.19. The predicted octanol–water partition coefficient (Wildman–Crippen LogP) is 3.49. The van der Waals surface area contributed by atoms with Crippen LogP contribution in [0.25, 0.3) is 10.4 Å². The van der Waals surface area contributed by atoms with Gasteiger partial charge in [0.2, 0.25) is 0 Å². The number of ether oxygens (including phenoxy) is 1. The van der Waals surface area contributed by atoms with Gasteiger partial charge in [0.05, 0.1) is 12.7 Å². The zero-order chi connectivity index (χ0) is 11.1. The molecule has 1 aliphatic carbocycles. The number of allylic oxidation sites excluding steroid dienone is 2. The second-order valence-corrected chi connectivity index (χ2v) is 3.44. The molecule has 0 N–H and O–H groups in total. The third kappa shape index (κ3) is 4.02. The van der Waals surface area contributed by atoms with Crippen LogP contribution in [0.1, 0.15) is 19.3 Å². The molecule has 0 bridgehead atoms. The summed E-state index contributed by atoms with van der Waals surface area (Å²) in [6.45, 7) is 7.60. The average Bonchev–Trinajstić information content (AvgIpc) is 2.27. The number of azide groups is 1. The van der Waals surface area contributed by atoms with Crippen LogP contribution in [0.4, 0.5) is 0 Å². The second-order valence-electron chi connectivity index (χ2n) is 3.44. The van der Waals surface area contributed by atoms with Crippen LogP contribution < -0.4 is 0 Å². The van der Waals surface area contributed by atoms with Crippen molar-refractivity contribution in [3.63, 3.8) is 0 Å². The summed E-state index contributed by atoms with van der Waals surface area (Å²) in [7, 11) is 0. The van der Waals surface area contributed by atoms with Gasteiger partial charge in [-0.2, -0.15) is 0 Å². The largest absolute Gasteiger partial charge is 0.370 e. The number of hydrogen-bond acceptors (Lipinski definition) is 2. The maximum absolute atomic E-state index is 8.17. The molecule has 0 aromatic rings. The Hall–Kier alpha value is -1.51. The standard InChI is InChI=1S/C11H15N3O/c1-3-10-5-4-6-11(7-10)15-8-9(2)13-14-12/h3,7,11H,1-2,4-6,8H2. The van der Waals surface area contributed by atoms with Gasteiger partial charge >= 0.3 is 0 Å². The Morgan fingerprint density at radius 2 is 2.60 bits per heavy atom. The van der Waals surface area contributed by atoms with Crippen LogP contribution in [0, 0.1) is 0 Å². The monoisotopic (exact) mass is 205 g/mol. The summed E-state index contributed by atoms with van der Waals surface area (Å²) in [4.78, 5) is 2.64. The van der Waals surface area contributed by atoms with Gasteiger partial charge < -0.3 is 4.74 Å². The molecule has 0 aliphatic heterocycles. The molecule has 0 amide bonds. The normalized spacial score (nSPS) is 20.0. The maximum atomic E-state index is 8.17. The van der Waals surface area contributed by atoms with Crippen LogP contribution in [0.15, 0.2) is 41.7 Å². The van der Waals surface area contributed by atoms with Gasteiger partial charge in [-0.3, -0.25) is 0 Å². The molecule has 80 valence electrons. The Balaban J connectivity index is 2.42. The zero-order valence-corrected chi connectivity index (χ0v) is 8.72. The summed E-state index contributed by atoms with van der Waals surface area (Å²) < 4.78 is 5.54. The average molecular weight is 205 g/mol. The van der Waals surface area contributed by atoms with Crippen molar-refractivity contribution in [1.82, 2.24) is 0 Å². The predicted molar refractivity (Wildman–Crippen MR) is 60.2 cm³/mol. The minimum absolute atomic E-state index is 0.0948. The fourth-order valence-electron chi connectivity index (χ4n) is 1.51. The summed E-state index contributed by atoms with van der Waals surface area (Å²) in [6, 6.07) is 0. The molecule has 1 rings (SSSR count). The van der Waals surface area contributed by atoms with Gasteiger partial charge in [-0.05, 0) is 24.8 Å². The molecule has 0 aromatic heterocycles. The van der Waals surface area contributed by atoms with E-state index in [9.17, 15) is 0 Å². The van der Waals surface area contributed by atoms with Crippen LogP contribution in [-0.4, -0.2) is 12.7 Å². The van der Waals surface area contributed by atoms with Crippen LogP contribution in [0.3, 0.4) is 0 Å². The van der Waals surface area contributed by atoms with E-state index < -0.39 is 0 Å². The van der Waals surface area contributed by atoms with Crippen LogP contribution in [0.5, 0.6) is 0 Å². The van der Waals surface area contributed by atoms with Gasteiger partial charge in [-0.15, -0.1) is 0 Å². The molecule has 0 saturated heterocycles. The van der Waals surface area contributed by atoms with Gasteiger partial charge in [-0.1, -0.05) is 36.0 Å². The highest BCUT2D eigenvalue weighted by Crippen LogP contribution is 2.21. The summed E-state index contributed by atoms with van der Waals surface area (Å²) in [5.74, 6) is 0. The first kappa shape index (κ1) is 11.6. The molecule has 0 spiro atoms. The molecule has 0 fully saturated rings. The quantitative estimate of drug-likeness (QED) is 0.385. The van der Waals surface area contributed by atoms with E-state index in [0.717, 1.165) is 19.3 Å². The first-order chi connectivity index (χ1) is 7.26. The summed E-state index contributed by atoms with van der Waals surface area (Å²) in [5, 5.41) is 3.37. The molecule has 1 unspecified atom stereocenters. The fraction of sp³-hybridized carbons (Fsp3) is 0.455. The van der Waals surface area contributed by atoms with Crippen LogP contribution in [-0.2, 0) is 4.74 Å². The highest BCUT2D eigenvalue weighted by Gasteiger charge is 2.12. The van der Waals surface area contributed by atoms with Gasteiger partial charge in [0.15, 0.2) is 0 Å². The van der Waals surface area contributed by atoms with Crippen molar-refractivity contribution in [2.75, 3.05) is 6.61 Å². The summed E-state index contributed by atoms with van der Waals surface area (Å²) >= 11 is 0. The van der Waals surface area contributed by atoms with E-state index in [1.807, 2.05) is 6.08 Å². The van der Waals surface area contributed by atoms with Gasteiger partial charge in [0, 0.05) is 10.6 Å². The maximum Gasteiger partial charge on any atom is 0.0766 e. The van der Waals surface area contributed by atoms with E-state index in [1.54, 1.807) is 0 Å². The van der Waals surface area contributed by atoms with E-state index in [1.165, 1.54) is 5.57 Å².